The number of rotatable bonds is 5. The smallest absolute Gasteiger partial charge is 0.326 e. The van der Waals surface area contributed by atoms with Crippen molar-refractivity contribution in [3.05, 3.63) is 0 Å². The predicted molar refractivity (Wildman–Crippen MR) is 59.7 cm³/mol. The van der Waals surface area contributed by atoms with Crippen LogP contribution in [0.5, 0.6) is 0 Å². The molecule has 2 amide bonds. The van der Waals surface area contributed by atoms with Crippen molar-refractivity contribution in [2.45, 2.75) is 33.2 Å². The van der Waals surface area contributed by atoms with E-state index in [0.29, 0.717) is 6.54 Å². The van der Waals surface area contributed by atoms with Crippen LogP contribution in [0.1, 0.15) is 27.2 Å². The van der Waals surface area contributed by atoms with Gasteiger partial charge in [-0.05, 0) is 5.41 Å². The zero-order valence-electron chi connectivity index (χ0n) is 10.1. The topological polar surface area (TPSA) is 116 Å². The summed E-state index contributed by atoms with van der Waals surface area (Å²) in [5.41, 5.74) is -0.136. The maximum atomic E-state index is 11.3. The monoisotopic (exact) mass is 246 g/mol. The molecule has 7 heteroatoms. The Kier molecular flexibility index (Phi) is 5.43. The van der Waals surface area contributed by atoms with E-state index in [1.807, 2.05) is 20.8 Å². The van der Waals surface area contributed by atoms with Crippen LogP contribution in [0.2, 0.25) is 0 Å². The van der Waals surface area contributed by atoms with Gasteiger partial charge < -0.3 is 20.8 Å². The highest BCUT2D eigenvalue weighted by Crippen LogP contribution is 2.09. The second-order valence-electron chi connectivity index (χ2n) is 4.88. The van der Waals surface area contributed by atoms with Crippen molar-refractivity contribution >= 4 is 18.0 Å². The van der Waals surface area contributed by atoms with Crippen LogP contribution in [0.15, 0.2) is 0 Å². The zero-order chi connectivity index (χ0) is 13.6. The third-order valence-corrected chi connectivity index (χ3v) is 1.76. The van der Waals surface area contributed by atoms with Crippen molar-refractivity contribution < 1.29 is 24.6 Å². The van der Waals surface area contributed by atoms with Crippen LogP contribution in [0.3, 0.4) is 0 Å². The molecule has 0 aliphatic heterocycles. The summed E-state index contributed by atoms with van der Waals surface area (Å²) in [5.74, 6) is -2.66. The maximum Gasteiger partial charge on any atom is 0.326 e. The van der Waals surface area contributed by atoms with Crippen molar-refractivity contribution in [2.24, 2.45) is 5.41 Å². The minimum Gasteiger partial charge on any atom is -0.481 e. The lowest BCUT2D eigenvalue weighted by atomic mass is 9.97. The summed E-state index contributed by atoms with van der Waals surface area (Å²) >= 11 is 0. The zero-order valence-corrected chi connectivity index (χ0v) is 10.1. The molecule has 0 bridgehead atoms. The summed E-state index contributed by atoms with van der Waals surface area (Å²) in [4.78, 5) is 32.4. The molecule has 1 atom stereocenters. The molecule has 0 fully saturated rings. The molecular formula is C10H18N2O5. The Bertz CT molecular complexity index is 308. The van der Waals surface area contributed by atoms with Gasteiger partial charge in [-0.2, -0.15) is 0 Å². The van der Waals surface area contributed by atoms with E-state index in [4.69, 9.17) is 10.2 Å². The van der Waals surface area contributed by atoms with Crippen molar-refractivity contribution in [1.29, 1.82) is 0 Å². The second-order valence-corrected chi connectivity index (χ2v) is 4.88. The van der Waals surface area contributed by atoms with Gasteiger partial charge in [-0.3, -0.25) is 4.79 Å². The Balaban J connectivity index is 4.22. The van der Waals surface area contributed by atoms with Crippen molar-refractivity contribution in [3.63, 3.8) is 0 Å². The van der Waals surface area contributed by atoms with Gasteiger partial charge in [0, 0.05) is 6.54 Å². The van der Waals surface area contributed by atoms with Gasteiger partial charge in [0.05, 0.1) is 6.42 Å². The van der Waals surface area contributed by atoms with E-state index in [-0.39, 0.29) is 5.41 Å². The number of carboxylic acids is 2. The molecule has 0 aliphatic rings. The molecule has 0 rings (SSSR count). The summed E-state index contributed by atoms with van der Waals surface area (Å²) in [6.07, 6.45) is -0.654. The van der Waals surface area contributed by atoms with Crippen LogP contribution in [-0.2, 0) is 9.59 Å². The van der Waals surface area contributed by atoms with Gasteiger partial charge in [0.1, 0.15) is 6.04 Å². The molecule has 4 N–H and O–H groups in total. The normalized spacial score (nSPS) is 12.6. The van der Waals surface area contributed by atoms with Gasteiger partial charge in [0.2, 0.25) is 0 Å². The Morgan fingerprint density at radius 1 is 1.18 bits per heavy atom. The third-order valence-electron chi connectivity index (χ3n) is 1.76. The minimum absolute atomic E-state index is 0.136. The molecule has 1 unspecified atom stereocenters. The average molecular weight is 246 g/mol. The van der Waals surface area contributed by atoms with Crippen molar-refractivity contribution in [1.82, 2.24) is 10.6 Å². The molecule has 0 aromatic rings. The first-order chi connectivity index (χ1) is 7.61. The van der Waals surface area contributed by atoms with Gasteiger partial charge in [0.25, 0.3) is 0 Å². The van der Waals surface area contributed by atoms with Gasteiger partial charge in [-0.25, -0.2) is 9.59 Å². The fraction of sp³-hybridized carbons (Fsp3) is 0.700. The van der Waals surface area contributed by atoms with E-state index in [1.165, 1.54) is 0 Å². The molecule has 0 spiro atoms. The summed E-state index contributed by atoms with van der Waals surface area (Å²) in [6.45, 7) is 6.07. The van der Waals surface area contributed by atoms with E-state index >= 15 is 0 Å². The van der Waals surface area contributed by atoms with E-state index < -0.39 is 30.4 Å². The quantitative estimate of drug-likeness (QED) is 0.555. The number of carboxylic acid groups (broad SMARTS) is 2. The number of urea groups is 1. The van der Waals surface area contributed by atoms with E-state index in [9.17, 15) is 14.4 Å². The summed E-state index contributed by atoms with van der Waals surface area (Å²) in [6, 6.07) is -2.11. The molecule has 0 saturated carbocycles. The Hall–Kier alpha value is -1.79. The lowest BCUT2D eigenvalue weighted by Gasteiger charge is -2.20. The molecule has 0 heterocycles. The van der Waals surface area contributed by atoms with Gasteiger partial charge in [0.15, 0.2) is 0 Å². The van der Waals surface area contributed by atoms with Crippen molar-refractivity contribution in [2.75, 3.05) is 6.54 Å². The lowest BCUT2D eigenvalue weighted by molar-refractivity contribution is -0.145. The number of hydrogen-bond donors (Lipinski definition) is 4. The third kappa shape index (κ3) is 8.06. The SMILES string of the molecule is CC(C)(C)CNC(=O)NC(CC(=O)O)C(=O)O. The van der Waals surface area contributed by atoms with Crippen LogP contribution >= 0.6 is 0 Å². The molecule has 0 aromatic carbocycles. The molecule has 0 saturated heterocycles. The summed E-state index contributed by atoms with van der Waals surface area (Å²) < 4.78 is 0. The van der Waals surface area contributed by atoms with Crippen molar-refractivity contribution in [3.8, 4) is 0 Å². The molecular weight excluding hydrogens is 228 g/mol. The Morgan fingerprint density at radius 2 is 1.71 bits per heavy atom. The van der Waals surface area contributed by atoms with E-state index in [2.05, 4.69) is 10.6 Å². The Labute approximate surface area is 99.2 Å². The maximum absolute atomic E-state index is 11.3. The van der Waals surface area contributed by atoms with Crippen LogP contribution in [0.4, 0.5) is 4.79 Å². The van der Waals surface area contributed by atoms with E-state index in [1.54, 1.807) is 0 Å². The highest BCUT2D eigenvalue weighted by atomic mass is 16.4. The number of nitrogens with one attached hydrogen (secondary N) is 2. The number of aliphatic carboxylic acids is 2. The average Bonchev–Trinajstić information content (AvgIpc) is 2.11. The van der Waals surface area contributed by atoms with E-state index in [0.717, 1.165) is 0 Å². The lowest BCUT2D eigenvalue weighted by Crippen LogP contribution is -2.48. The number of amides is 2. The highest BCUT2D eigenvalue weighted by Gasteiger charge is 2.23. The number of hydrogen-bond acceptors (Lipinski definition) is 3. The first-order valence-electron chi connectivity index (χ1n) is 5.11. The second kappa shape index (κ2) is 6.07. The number of carbonyl (C=O) groups is 3. The first-order valence-corrected chi connectivity index (χ1v) is 5.11. The molecule has 0 radical (unpaired) electrons. The molecule has 0 aliphatic carbocycles. The molecule has 0 aromatic heterocycles. The predicted octanol–water partition coefficient (Wildman–Crippen LogP) is 0.260. The number of carbonyl (C=O) groups excluding carboxylic acids is 1. The fourth-order valence-corrected chi connectivity index (χ4v) is 0.929. The van der Waals surface area contributed by atoms with Gasteiger partial charge in [-0.15, -0.1) is 0 Å². The minimum atomic E-state index is -1.42. The van der Waals surface area contributed by atoms with Crippen LogP contribution in [0.25, 0.3) is 0 Å². The van der Waals surface area contributed by atoms with Gasteiger partial charge in [-0.1, -0.05) is 20.8 Å². The first kappa shape index (κ1) is 15.2. The molecule has 98 valence electrons. The molecule has 17 heavy (non-hydrogen) atoms. The van der Waals surface area contributed by atoms with Gasteiger partial charge >= 0.3 is 18.0 Å². The summed E-state index contributed by atoms with van der Waals surface area (Å²) in [5, 5.41) is 21.7. The molecule has 7 nitrogen and oxygen atoms in total. The fourth-order valence-electron chi connectivity index (χ4n) is 0.929. The van der Waals surface area contributed by atoms with Crippen LogP contribution in [0, 0.1) is 5.41 Å². The standard InChI is InChI=1S/C10H18N2O5/c1-10(2,3)5-11-9(17)12-6(8(15)16)4-7(13)14/h6H,4-5H2,1-3H3,(H,13,14)(H,15,16)(H2,11,12,17). The largest absolute Gasteiger partial charge is 0.481 e. The highest BCUT2D eigenvalue weighted by molar-refractivity contribution is 5.86. The van der Waals surface area contributed by atoms with Crippen LogP contribution in [-0.4, -0.2) is 40.8 Å². The van der Waals surface area contributed by atoms with Crippen LogP contribution < -0.4 is 10.6 Å². The summed E-state index contributed by atoms with van der Waals surface area (Å²) in [7, 11) is 0. The Morgan fingerprint density at radius 3 is 2.06 bits per heavy atom.